The molecule has 0 aliphatic carbocycles. The molecule has 0 radical (unpaired) electrons. The van der Waals surface area contributed by atoms with Crippen molar-refractivity contribution in [2.24, 2.45) is 0 Å². The van der Waals surface area contributed by atoms with Crippen molar-refractivity contribution in [3.8, 4) is 16.9 Å². The topological polar surface area (TPSA) is 76.1 Å². The molecule has 2 aromatic heterocycles. The number of pyridine rings is 2. The number of carbonyl (C=O) groups is 1. The van der Waals surface area contributed by atoms with Gasteiger partial charge in [-0.15, -0.1) is 0 Å². The first-order chi connectivity index (χ1) is 21.9. The number of amides is 2. The Hall–Kier alpha value is -5.49. The number of urea groups is 1. The molecule has 0 spiro atoms. The van der Waals surface area contributed by atoms with E-state index < -0.39 is 0 Å². The molecule has 45 heavy (non-hydrogen) atoms. The molecule has 2 N–H and O–H groups in total. The summed E-state index contributed by atoms with van der Waals surface area (Å²) < 4.78 is 5.60. The Labute approximate surface area is 264 Å². The van der Waals surface area contributed by atoms with E-state index in [-0.39, 0.29) is 11.4 Å². The van der Waals surface area contributed by atoms with Gasteiger partial charge in [0.2, 0.25) is 0 Å². The lowest BCUT2D eigenvalue weighted by Crippen LogP contribution is -2.22. The Kier molecular flexibility index (Phi) is 8.56. The van der Waals surface area contributed by atoms with Gasteiger partial charge in [0, 0.05) is 40.6 Å². The van der Waals surface area contributed by atoms with Gasteiger partial charge in [0.05, 0.1) is 18.5 Å². The van der Waals surface area contributed by atoms with E-state index in [0.29, 0.717) is 17.1 Å². The second kappa shape index (κ2) is 13.0. The molecule has 6 rings (SSSR count). The molecule has 6 heteroatoms. The predicted molar refractivity (Wildman–Crippen MR) is 183 cm³/mol. The maximum Gasteiger partial charge on any atom is 0.323 e. The van der Waals surface area contributed by atoms with Crippen LogP contribution in [0.4, 0.5) is 16.2 Å². The minimum Gasteiger partial charge on any atom is -0.495 e. The Morgan fingerprint density at radius 3 is 2.20 bits per heavy atom. The minimum absolute atomic E-state index is 0.265. The number of hydrogen-bond acceptors (Lipinski definition) is 4. The molecule has 0 aliphatic heterocycles. The first-order valence-electron chi connectivity index (χ1n) is 15.1. The summed E-state index contributed by atoms with van der Waals surface area (Å²) in [5.41, 5.74) is 7.68. The predicted octanol–water partition coefficient (Wildman–Crippen LogP) is 9.06. The third kappa shape index (κ3) is 6.55. The van der Waals surface area contributed by atoms with Crippen LogP contribution in [0, 0.1) is 0 Å². The molecule has 0 saturated carbocycles. The molecule has 224 valence electrons. The van der Waals surface area contributed by atoms with Crippen LogP contribution in [-0.4, -0.2) is 23.1 Å². The molecule has 2 amide bonds. The Morgan fingerprint density at radius 1 is 0.733 bits per heavy atom. The molecule has 6 nitrogen and oxygen atoms in total. The van der Waals surface area contributed by atoms with Crippen molar-refractivity contribution in [2.75, 3.05) is 17.7 Å². The number of hydrogen-bond donors (Lipinski definition) is 2. The molecular weight excluding hydrogens is 556 g/mol. The SMILES string of the molecule is COc1ccc(C(C)(C)c2ccccc2)cc1NC(=O)Nc1ccc(-c2ccc(CCc3ccncc3)nc2)c2ccccc12. The molecule has 4 aromatic carbocycles. The van der Waals surface area contributed by atoms with Crippen molar-refractivity contribution >= 4 is 28.2 Å². The van der Waals surface area contributed by atoms with Crippen molar-refractivity contribution in [3.05, 3.63) is 150 Å². The van der Waals surface area contributed by atoms with E-state index in [0.717, 1.165) is 46.0 Å². The molecule has 6 aromatic rings. The first kappa shape index (κ1) is 29.6. The summed E-state index contributed by atoms with van der Waals surface area (Å²) >= 11 is 0. The van der Waals surface area contributed by atoms with Crippen LogP contribution in [0.5, 0.6) is 5.75 Å². The third-order valence-corrected chi connectivity index (χ3v) is 8.39. The van der Waals surface area contributed by atoms with E-state index in [4.69, 9.17) is 9.72 Å². The van der Waals surface area contributed by atoms with E-state index in [1.807, 2.05) is 97.5 Å². The second-order valence-corrected chi connectivity index (χ2v) is 11.6. The van der Waals surface area contributed by atoms with Gasteiger partial charge in [-0.1, -0.05) is 86.6 Å². The number of carbonyl (C=O) groups excluding carboxylic acids is 1. The standard InChI is InChI=1S/C39H36N4O2/c1-39(2,29-9-5-4-6-10-29)30-15-20-37(45-3)36(25-30)43-38(44)42-35-19-18-32(33-11-7-8-12-34(33)35)28-14-17-31(41-26-28)16-13-27-21-23-40-24-22-27/h4-12,14-15,17-26H,13,16H2,1-3H3,(H2,42,43,44). The van der Waals surface area contributed by atoms with Crippen molar-refractivity contribution in [1.82, 2.24) is 9.97 Å². The number of rotatable bonds is 9. The number of anilines is 2. The molecule has 0 aliphatic rings. The number of ether oxygens (including phenoxy) is 1. The van der Waals surface area contributed by atoms with Crippen LogP contribution >= 0.6 is 0 Å². The monoisotopic (exact) mass is 592 g/mol. The van der Waals surface area contributed by atoms with Gasteiger partial charge in [-0.3, -0.25) is 9.97 Å². The zero-order valence-corrected chi connectivity index (χ0v) is 25.7. The highest BCUT2D eigenvalue weighted by atomic mass is 16.5. The summed E-state index contributed by atoms with van der Waals surface area (Å²) in [6, 6.07) is 36.3. The van der Waals surface area contributed by atoms with E-state index >= 15 is 0 Å². The van der Waals surface area contributed by atoms with Gasteiger partial charge in [-0.2, -0.15) is 0 Å². The van der Waals surface area contributed by atoms with Crippen LogP contribution in [0.3, 0.4) is 0 Å². The zero-order chi connectivity index (χ0) is 31.2. The van der Waals surface area contributed by atoms with Gasteiger partial charge in [0.1, 0.15) is 5.75 Å². The van der Waals surface area contributed by atoms with Gasteiger partial charge >= 0.3 is 6.03 Å². The highest BCUT2D eigenvalue weighted by Gasteiger charge is 2.24. The van der Waals surface area contributed by atoms with Crippen LogP contribution in [0.15, 0.2) is 128 Å². The number of nitrogens with zero attached hydrogens (tertiary/aromatic N) is 2. The van der Waals surface area contributed by atoms with Gasteiger partial charge in [0.25, 0.3) is 0 Å². The van der Waals surface area contributed by atoms with Gasteiger partial charge in [-0.05, 0) is 76.9 Å². The molecule has 0 fully saturated rings. The molecule has 0 unspecified atom stereocenters. The van der Waals surface area contributed by atoms with E-state index in [2.05, 4.69) is 59.8 Å². The fraction of sp³-hybridized carbons (Fsp3) is 0.154. The quantitative estimate of drug-likeness (QED) is 0.176. The highest BCUT2D eigenvalue weighted by molar-refractivity contribution is 6.10. The summed E-state index contributed by atoms with van der Waals surface area (Å²) in [4.78, 5) is 22.2. The summed E-state index contributed by atoms with van der Waals surface area (Å²) in [6.45, 7) is 4.35. The van der Waals surface area contributed by atoms with Gasteiger partial charge in [-0.25, -0.2) is 4.79 Å². The summed E-state index contributed by atoms with van der Waals surface area (Å²) in [7, 11) is 1.61. The fourth-order valence-electron chi connectivity index (χ4n) is 5.71. The zero-order valence-electron chi connectivity index (χ0n) is 25.7. The number of benzene rings is 4. The summed E-state index contributed by atoms with van der Waals surface area (Å²) in [6.07, 6.45) is 7.35. The maximum atomic E-state index is 13.4. The first-order valence-corrected chi connectivity index (χ1v) is 15.1. The third-order valence-electron chi connectivity index (χ3n) is 8.39. The Bertz CT molecular complexity index is 1920. The maximum absolute atomic E-state index is 13.4. The van der Waals surface area contributed by atoms with Gasteiger partial charge < -0.3 is 15.4 Å². The van der Waals surface area contributed by atoms with Crippen LogP contribution < -0.4 is 15.4 Å². The average Bonchev–Trinajstić information content (AvgIpc) is 3.08. The van der Waals surface area contributed by atoms with Crippen molar-refractivity contribution < 1.29 is 9.53 Å². The lowest BCUT2D eigenvalue weighted by Gasteiger charge is -2.27. The smallest absolute Gasteiger partial charge is 0.323 e. The molecule has 0 bridgehead atoms. The van der Waals surface area contributed by atoms with Crippen LogP contribution in [0.1, 0.15) is 36.2 Å². The summed E-state index contributed by atoms with van der Waals surface area (Å²) in [5.74, 6) is 0.592. The van der Waals surface area contributed by atoms with E-state index in [1.165, 1.54) is 11.1 Å². The normalized spacial score (nSPS) is 11.3. The number of fused-ring (bicyclic) bond motifs is 1. The lowest BCUT2D eigenvalue weighted by molar-refractivity contribution is 0.262. The van der Waals surface area contributed by atoms with E-state index in [9.17, 15) is 4.79 Å². The van der Waals surface area contributed by atoms with Crippen molar-refractivity contribution in [1.29, 1.82) is 0 Å². The van der Waals surface area contributed by atoms with E-state index in [1.54, 1.807) is 7.11 Å². The second-order valence-electron chi connectivity index (χ2n) is 11.6. The fourth-order valence-corrected chi connectivity index (χ4v) is 5.71. The van der Waals surface area contributed by atoms with Crippen molar-refractivity contribution in [2.45, 2.75) is 32.1 Å². The molecular formula is C39H36N4O2. The molecule has 0 atom stereocenters. The van der Waals surface area contributed by atoms with Crippen LogP contribution in [-0.2, 0) is 18.3 Å². The number of aromatic nitrogens is 2. The highest BCUT2D eigenvalue weighted by Crippen LogP contribution is 2.37. The number of nitrogens with one attached hydrogen (secondary N) is 2. The number of aryl methyl sites for hydroxylation is 2. The average molecular weight is 593 g/mol. The Morgan fingerprint density at radius 2 is 1.47 bits per heavy atom. The lowest BCUT2D eigenvalue weighted by atomic mass is 9.78. The number of methoxy groups -OCH3 is 1. The largest absolute Gasteiger partial charge is 0.495 e. The summed E-state index contributed by atoms with van der Waals surface area (Å²) in [5, 5.41) is 8.07. The molecule has 2 heterocycles. The Balaban J connectivity index is 1.21. The molecule has 0 saturated heterocycles. The van der Waals surface area contributed by atoms with Crippen LogP contribution in [0.2, 0.25) is 0 Å². The van der Waals surface area contributed by atoms with Crippen LogP contribution in [0.25, 0.3) is 21.9 Å². The van der Waals surface area contributed by atoms with Crippen molar-refractivity contribution in [3.63, 3.8) is 0 Å². The minimum atomic E-state index is -0.346. The van der Waals surface area contributed by atoms with Gasteiger partial charge in [0.15, 0.2) is 0 Å².